The van der Waals surface area contributed by atoms with Crippen LogP contribution in [0.15, 0.2) is 48.5 Å². The highest BCUT2D eigenvalue weighted by atomic mass is 32.1. The van der Waals surface area contributed by atoms with Crippen LogP contribution in [0.3, 0.4) is 0 Å². The van der Waals surface area contributed by atoms with E-state index >= 15 is 0 Å². The molecule has 2 aromatic rings. The minimum atomic E-state index is 0.0519. The van der Waals surface area contributed by atoms with Crippen LogP contribution in [0.1, 0.15) is 21.5 Å². The fourth-order valence-corrected chi connectivity index (χ4v) is 2.05. The molecule has 0 fully saturated rings. The second-order valence-corrected chi connectivity index (χ2v) is 4.94. The van der Waals surface area contributed by atoms with Crippen LogP contribution in [0.4, 0.5) is 5.69 Å². The van der Waals surface area contributed by atoms with Crippen LogP contribution >= 0.6 is 12.6 Å². The zero-order valence-electron chi connectivity index (χ0n) is 11.1. The molecule has 0 saturated carbocycles. The molecule has 0 saturated heterocycles. The van der Waals surface area contributed by atoms with Gasteiger partial charge in [0.15, 0.2) is 5.78 Å². The summed E-state index contributed by atoms with van der Waals surface area (Å²) in [4.78, 5) is 14.3. The minimum Gasteiger partial charge on any atom is -0.378 e. The summed E-state index contributed by atoms with van der Waals surface area (Å²) in [6.07, 6.45) is 0. The molecule has 0 aliphatic rings. The van der Waals surface area contributed by atoms with E-state index in [-0.39, 0.29) is 5.78 Å². The van der Waals surface area contributed by atoms with Crippen molar-refractivity contribution in [1.82, 2.24) is 0 Å². The number of hydrogen-bond acceptors (Lipinski definition) is 3. The van der Waals surface area contributed by atoms with Crippen molar-refractivity contribution in [1.29, 1.82) is 0 Å². The fourth-order valence-electron chi connectivity index (χ4n) is 1.84. The highest BCUT2D eigenvalue weighted by Gasteiger charge is 2.08. The van der Waals surface area contributed by atoms with Gasteiger partial charge in [-0.3, -0.25) is 4.79 Å². The smallest absolute Gasteiger partial charge is 0.193 e. The molecule has 2 rings (SSSR count). The summed E-state index contributed by atoms with van der Waals surface area (Å²) in [6.45, 7) is 0. The van der Waals surface area contributed by atoms with Crippen molar-refractivity contribution in [3.63, 3.8) is 0 Å². The fraction of sp³-hybridized carbons (Fsp3) is 0.188. The number of anilines is 1. The van der Waals surface area contributed by atoms with Crippen LogP contribution in [0.2, 0.25) is 0 Å². The van der Waals surface area contributed by atoms with Crippen molar-refractivity contribution in [2.24, 2.45) is 0 Å². The third-order valence-electron chi connectivity index (χ3n) is 3.04. The van der Waals surface area contributed by atoms with Gasteiger partial charge in [-0.2, -0.15) is 12.6 Å². The van der Waals surface area contributed by atoms with E-state index in [0.717, 1.165) is 11.3 Å². The van der Waals surface area contributed by atoms with E-state index in [1.165, 1.54) is 0 Å². The number of thiol groups is 1. The largest absolute Gasteiger partial charge is 0.378 e. The lowest BCUT2D eigenvalue weighted by Crippen LogP contribution is -2.09. The zero-order chi connectivity index (χ0) is 13.8. The molecule has 98 valence electrons. The Bertz CT molecular complexity index is 558. The van der Waals surface area contributed by atoms with Gasteiger partial charge in [0.2, 0.25) is 0 Å². The second kappa shape index (κ2) is 5.93. The predicted molar refractivity (Wildman–Crippen MR) is 83.3 cm³/mol. The SMILES string of the molecule is CN(C)c1ccc(C(=O)c2ccc(CS)cc2)cc1. The Morgan fingerprint density at radius 1 is 0.947 bits per heavy atom. The normalized spacial score (nSPS) is 10.3. The molecule has 0 bridgehead atoms. The van der Waals surface area contributed by atoms with E-state index < -0.39 is 0 Å². The van der Waals surface area contributed by atoms with Crippen LogP contribution in [0.5, 0.6) is 0 Å². The van der Waals surface area contributed by atoms with Gasteiger partial charge in [-0.05, 0) is 29.8 Å². The van der Waals surface area contributed by atoms with Gasteiger partial charge in [0.1, 0.15) is 0 Å². The van der Waals surface area contributed by atoms with Gasteiger partial charge < -0.3 is 4.90 Å². The predicted octanol–water partition coefficient (Wildman–Crippen LogP) is 3.41. The maximum Gasteiger partial charge on any atom is 0.193 e. The van der Waals surface area contributed by atoms with Gasteiger partial charge in [0.25, 0.3) is 0 Å². The van der Waals surface area contributed by atoms with E-state index in [2.05, 4.69) is 12.6 Å². The number of nitrogens with zero attached hydrogens (tertiary/aromatic N) is 1. The Labute approximate surface area is 119 Å². The molecule has 0 unspecified atom stereocenters. The number of benzene rings is 2. The molecule has 0 N–H and O–H groups in total. The summed E-state index contributed by atoms with van der Waals surface area (Å²) < 4.78 is 0. The minimum absolute atomic E-state index is 0.0519. The van der Waals surface area contributed by atoms with E-state index in [9.17, 15) is 4.79 Å². The topological polar surface area (TPSA) is 20.3 Å². The van der Waals surface area contributed by atoms with Gasteiger partial charge in [-0.25, -0.2) is 0 Å². The molecule has 0 radical (unpaired) electrons. The van der Waals surface area contributed by atoms with Crippen molar-refractivity contribution >= 4 is 24.1 Å². The number of carbonyl (C=O) groups is 1. The molecule has 0 aliphatic carbocycles. The summed E-state index contributed by atoms with van der Waals surface area (Å²) >= 11 is 4.21. The van der Waals surface area contributed by atoms with Crippen molar-refractivity contribution in [2.45, 2.75) is 5.75 Å². The first-order chi connectivity index (χ1) is 9.11. The Balaban J connectivity index is 2.22. The number of carbonyl (C=O) groups excluding carboxylic acids is 1. The van der Waals surface area contributed by atoms with E-state index in [4.69, 9.17) is 0 Å². The lowest BCUT2D eigenvalue weighted by Gasteiger charge is -2.12. The second-order valence-electron chi connectivity index (χ2n) is 4.63. The maximum atomic E-state index is 12.3. The quantitative estimate of drug-likeness (QED) is 0.679. The van der Waals surface area contributed by atoms with E-state index in [1.807, 2.05) is 67.5 Å². The summed E-state index contributed by atoms with van der Waals surface area (Å²) in [5.74, 6) is 0.738. The molecule has 0 heterocycles. The van der Waals surface area contributed by atoms with Crippen LogP contribution in [0.25, 0.3) is 0 Å². The molecule has 19 heavy (non-hydrogen) atoms. The standard InChI is InChI=1S/C16H17NOS/c1-17(2)15-9-7-14(8-10-15)16(18)13-5-3-12(11-19)4-6-13/h3-10,19H,11H2,1-2H3. The first kappa shape index (κ1) is 13.7. The summed E-state index contributed by atoms with van der Waals surface area (Å²) in [5, 5.41) is 0. The van der Waals surface area contributed by atoms with Crippen molar-refractivity contribution < 1.29 is 4.79 Å². The lowest BCUT2D eigenvalue weighted by atomic mass is 10.0. The van der Waals surface area contributed by atoms with Crippen molar-refractivity contribution in [2.75, 3.05) is 19.0 Å². The molecule has 0 aliphatic heterocycles. The van der Waals surface area contributed by atoms with Crippen LogP contribution < -0.4 is 4.90 Å². The van der Waals surface area contributed by atoms with Gasteiger partial charge >= 0.3 is 0 Å². The molecule has 3 heteroatoms. The average Bonchev–Trinajstić information content (AvgIpc) is 2.46. The van der Waals surface area contributed by atoms with Crippen molar-refractivity contribution in [3.05, 3.63) is 65.2 Å². The first-order valence-corrected chi connectivity index (χ1v) is 6.77. The average molecular weight is 271 g/mol. The molecule has 0 spiro atoms. The maximum absolute atomic E-state index is 12.3. The van der Waals surface area contributed by atoms with Gasteiger partial charge in [0.05, 0.1) is 0 Å². The number of rotatable bonds is 4. The molecule has 0 aromatic heterocycles. The number of hydrogen-bond donors (Lipinski definition) is 1. The summed E-state index contributed by atoms with van der Waals surface area (Å²) in [6, 6.07) is 15.2. The highest BCUT2D eigenvalue weighted by molar-refractivity contribution is 7.79. The summed E-state index contributed by atoms with van der Waals surface area (Å²) in [7, 11) is 3.96. The third kappa shape index (κ3) is 3.18. The van der Waals surface area contributed by atoms with Gasteiger partial charge in [-0.1, -0.05) is 24.3 Å². The first-order valence-electron chi connectivity index (χ1n) is 6.13. The van der Waals surface area contributed by atoms with Crippen molar-refractivity contribution in [3.8, 4) is 0 Å². The Morgan fingerprint density at radius 3 is 1.84 bits per heavy atom. The molecule has 2 nitrogen and oxygen atoms in total. The molecule has 2 aromatic carbocycles. The van der Waals surface area contributed by atoms with Crippen LogP contribution in [-0.4, -0.2) is 19.9 Å². The van der Waals surface area contributed by atoms with Crippen LogP contribution in [0, 0.1) is 0 Å². The molecule has 0 amide bonds. The van der Waals surface area contributed by atoms with E-state index in [1.54, 1.807) is 0 Å². The lowest BCUT2D eigenvalue weighted by molar-refractivity contribution is 0.103. The third-order valence-corrected chi connectivity index (χ3v) is 3.41. The monoisotopic (exact) mass is 271 g/mol. The summed E-state index contributed by atoms with van der Waals surface area (Å²) in [5.41, 5.74) is 3.62. The van der Waals surface area contributed by atoms with E-state index in [0.29, 0.717) is 16.9 Å². The highest BCUT2D eigenvalue weighted by Crippen LogP contribution is 2.16. The number of ketones is 1. The molecule has 0 atom stereocenters. The van der Waals surface area contributed by atoms with Crippen LogP contribution in [-0.2, 0) is 5.75 Å². The Hall–Kier alpha value is -1.74. The zero-order valence-corrected chi connectivity index (χ0v) is 12.0. The van der Waals surface area contributed by atoms with Gasteiger partial charge in [-0.15, -0.1) is 0 Å². The van der Waals surface area contributed by atoms with Gasteiger partial charge in [0, 0.05) is 36.7 Å². The Morgan fingerprint density at radius 2 is 1.42 bits per heavy atom. The molecular weight excluding hydrogens is 254 g/mol. The Kier molecular flexibility index (Phi) is 4.27. The molecular formula is C16H17NOS.